The Labute approximate surface area is 174 Å². The number of nitrogens with zero attached hydrogens (tertiary/aromatic N) is 1. The maximum absolute atomic E-state index is 13.2. The Kier molecular flexibility index (Phi) is 5.10. The van der Waals surface area contributed by atoms with Gasteiger partial charge in [0.1, 0.15) is 5.03 Å². The van der Waals surface area contributed by atoms with Crippen molar-refractivity contribution in [1.29, 1.82) is 0 Å². The lowest BCUT2D eigenvalue weighted by atomic mass is 9.49. The molecular weight excluding hydrogens is 362 g/mol. The summed E-state index contributed by atoms with van der Waals surface area (Å²) in [6.07, 6.45) is 14.2. The summed E-state index contributed by atoms with van der Waals surface area (Å²) in [6, 6.07) is 5.88. The van der Waals surface area contributed by atoms with Gasteiger partial charge in [-0.3, -0.25) is 4.79 Å². The molecule has 28 heavy (non-hydrogen) atoms. The van der Waals surface area contributed by atoms with Crippen molar-refractivity contribution in [2.75, 3.05) is 0 Å². The van der Waals surface area contributed by atoms with E-state index in [0.717, 1.165) is 47.0 Å². The van der Waals surface area contributed by atoms with Crippen LogP contribution < -0.4 is 0 Å². The fourth-order valence-corrected chi connectivity index (χ4v) is 9.05. The molecule has 4 saturated carbocycles. The van der Waals surface area contributed by atoms with E-state index in [1.807, 2.05) is 18.2 Å². The highest BCUT2D eigenvalue weighted by molar-refractivity contribution is 8.13. The number of fused-ring (bicyclic) bond motifs is 5. The lowest BCUT2D eigenvalue weighted by Crippen LogP contribution is -2.49. The number of rotatable bonds is 2. The van der Waals surface area contributed by atoms with Crippen LogP contribution in [0.25, 0.3) is 0 Å². The number of pyridine rings is 1. The molecule has 4 aliphatic carbocycles. The molecule has 8 atom stereocenters. The predicted octanol–water partition coefficient (Wildman–Crippen LogP) is 6.61. The van der Waals surface area contributed by atoms with Crippen LogP contribution in [0.4, 0.5) is 0 Å². The van der Waals surface area contributed by atoms with E-state index in [1.165, 1.54) is 63.1 Å². The molecule has 1 aromatic heterocycles. The van der Waals surface area contributed by atoms with Gasteiger partial charge in [-0.05, 0) is 116 Å². The molecule has 1 heterocycles. The molecule has 1 aromatic rings. The SMILES string of the molecule is CC1CCC2C(CCC3C2CCC2(C)C3CC[C@@H]2C(=O)Sc2ccccn2)C1. The third-order valence-electron chi connectivity index (χ3n) is 9.34. The van der Waals surface area contributed by atoms with E-state index in [0.29, 0.717) is 5.12 Å². The van der Waals surface area contributed by atoms with E-state index in [1.54, 1.807) is 6.20 Å². The standard InChI is InChI=1S/C25H35NOS/c1-16-6-8-18-17(15-16)7-9-20-19(18)12-13-25(2)21(20)10-11-22(25)24(27)28-23-5-3-4-14-26-23/h3-5,14,16-22H,6-13,15H2,1-2H3/t16?,17?,18?,19?,20?,21?,22-,25?/m1/s1. The van der Waals surface area contributed by atoms with E-state index in [4.69, 9.17) is 0 Å². The molecule has 0 N–H and O–H groups in total. The van der Waals surface area contributed by atoms with Gasteiger partial charge in [-0.2, -0.15) is 0 Å². The fourth-order valence-electron chi connectivity index (χ4n) is 8.06. The highest BCUT2D eigenvalue weighted by Gasteiger charge is 2.58. The third kappa shape index (κ3) is 3.16. The maximum Gasteiger partial charge on any atom is 0.198 e. The molecule has 0 saturated heterocycles. The second-order valence-electron chi connectivity index (χ2n) is 10.6. The van der Waals surface area contributed by atoms with Gasteiger partial charge >= 0.3 is 0 Å². The van der Waals surface area contributed by atoms with Gasteiger partial charge < -0.3 is 0 Å². The van der Waals surface area contributed by atoms with Crippen molar-refractivity contribution in [3.63, 3.8) is 0 Å². The zero-order chi connectivity index (χ0) is 19.3. The monoisotopic (exact) mass is 397 g/mol. The molecule has 7 unspecified atom stereocenters. The summed E-state index contributed by atoms with van der Waals surface area (Å²) in [5, 5.41) is 1.24. The molecule has 0 amide bonds. The molecular formula is C25H35NOS. The maximum atomic E-state index is 13.2. The third-order valence-corrected chi connectivity index (χ3v) is 10.3. The molecule has 3 heteroatoms. The van der Waals surface area contributed by atoms with E-state index in [9.17, 15) is 4.79 Å². The normalized spacial score (nSPS) is 45.0. The highest BCUT2D eigenvalue weighted by atomic mass is 32.2. The Hall–Kier alpha value is -0.830. The van der Waals surface area contributed by atoms with Gasteiger partial charge in [-0.1, -0.05) is 26.3 Å². The van der Waals surface area contributed by atoms with Crippen LogP contribution in [0.3, 0.4) is 0 Å². The van der Waals surface area contributed by atoms with Gasteiger partial charge in [0.15, 0.2) is 5.12 Å². The van der Waals surface area contributed by atoms with Crippen LogP contribution in [-0.4, -0.2) is 10.1 Å². The summed E-state index contributed by atoms with van der Waals surface area (Å²) in [7, 11) is 0. The first-order valence-electron chi connectivity index (χ1n) is 11.7. The van der Waals surface area contributed by atoms with Crippen molar-refractivity contribution in [2.24, 2.45) is 46.8 Å². The topological polar surface area (TPSA) is 30.0 Å². The van der Waals surface area contributed by atoms with Crippen molar-refractivity contribution in [1.82, 2.24) is 4.98 Å². The second kappa shape index (κ2) is 7.45. The Balaban J connectivity index is 1.32. The Morgan fingerprint density at radius 2 is 1.89 bits per heavy atom. The van der Waals surface area contributed by atoms with Crippen LogP contribution in [-0.2, 0) is 4.79 Å². The molecule has 2 nitrogen and oxygen atoms in total. The quantitative estimate of drug-likeness (QED) is 0.526. The largest absolute Gasteiger partial charge is 0.286 e. The summed E-state index contributed by atoms with van der Waals surface area (Å²) in [5.74, 6) is 5.82. The van der Waals surface area contributed by atoms with Gasteiger partial charge in [0.05, 0.1) is 0 Å². The Morgan fingerprint density at radius 1 is 1.04 bits per heavy atom. The summed E-state index contributed by atoms with van der Waals surface area (Å²) >= 11 is 1.39. The summed E-state index contributed by atoms with van der Waals surface area (Å²) in [4.78, 5) is 17.6. The van der Waals surface area contributed by atoms with E-state index in [-0.39, 0.29) is 11.3 Å². The minimum Gasteiger partial charge on any atom is -0.286 e. The predicted molar refractivity (Wildman–Crippen MR) is 115 cm³/mol. The molecule has 5 rings (SSSR count). The van der Waals surface area contributed by atoms with Crippen LogP contribution in [0, 0.1) is 46.8 Å². The lowest BCUT2D eigenvalue weighted by Gasteiger charge is -2.56. The molecule has 152 valence electrons. The summed E-state index contributed by atoms with van der Waals surface area (Å²) < 4.78 is 0. The first-order valence-corrected chi connectivity index (χ1v) is 12.5. The van der Waals surface area contributed by atoms with Gasteiger partial charge in [-0.25, -0.2) is 4.98 Å². The molecule has 0 radical (unpaired) electrons. The number of aromatic nitrogens is 1. The molecule has 4 fully saturated rings. The number of hydrogen-bond donors (Lipinski definition) is 0. The first-order chi connectivity index (χ1) is 13.6. The van der Waals surface area contributed by atoms with Crippen LogP contribution in [0.1, 0.15) is 71.6 Å². The minimum absolute atomic E-state index is 0.231. The van der Waals surface area contributed by atoms with Gasteiger partial charge in [-0.15, -0.1) is 0 Å². The van der Waals surface area contributed by atoms with Crippen molar-refractivity contribution in [3.05, 3.63) is 24.4 Å². The Bertz CT molecular complexity index is 721. The number of thioether (sulfide) groups is 1. The van der Waals surface area contributed by atoms with Crippen LogP contribution in [0.5, 0.6) is 0 Å². The number of hydrogen-bond acceptors (Lipinski definition) is 3. The van der Waals surface area contributed by atoms with Crippen LogP contribution in [0.2, 0.25) is 0 Å². The average molecular weight is 398 g/mol. The van der Waals surface area contributed by atoms with E-state index >= 15 is 0 Å². The molecule has 0 aromatic carbocycles. The molecule has 4 aliphatic rings. The van der Waals surface area contributed by atoms with Crippen molar-refractivity contribution in [3.8, 4) is 0 Å². The number of carbonyl (C=O) groups excluding carboxylic acids is 1. The molecule has 0 spiro atoms. The summed E-state index contributed by atoms with van der Waals surface area (Å²) in [5.41, 5.74) is 0.231. The average Bonchev–Trinajstić information content (AvgIpc) is 3.05. The van der Waals surface area contributed by atoms with Crippen LogP contribution in [0.15, 0.2) is 29.4 Å². The van der Waals surface area contributed by atoms with Gasteiger partial charge in [0, 0.05) is 12.1 Å². The van der Waals surface area contributed by atoms with Crippen LogP contribution >= 0.6 is 11.8 Å². The van der Waals surface area contributed by atoms with Gasteiger partial charge in [0.2, 0.25) is 0 Å². The summed E-state index contributed by atoms with van der Waals surface area (Å²) in [6.45, 7) is 4.93. The van der Waals surface area contributed by atoms with Gasteiger partial charge in [0.25, 0.3) is 0 Å². The van der Waals surface area contributed by atoms with Crippen molar-refractivity contribution in [2.45, 2.75) is 76.7 Å². The van der Waals surface area contributed by atoms with Crippen molar-refractivity contribution >= 4 is 16.9 Å². The zero-order valence-electron chi connectivity index (χ0n) is 17.5. The molecule has 0 bridgehead atoms. The zero-order valence-corrected chi connectivity index (χ0v) is 18.3. The second-order valence-corrected chi connectivity index (χ2v) is 11.6. The first kappa shape index (κ1) is 19.2. The van der Waals surface area contributed by atoms with E-state index < -0.39 is 0 Å². The molecule has 0 aliphatic heterocycles. The minimum atomic E-state index is 0.231. The van der Waals surface area contributed by atoms with E-state index in [2.05, 4.69) is 18.8 Å². The fraction of sp³-hybridized carbons (Fsp3) is 0.760. The Morgan fingerprint density at radius 3 is 2.71 bits per heavy atom. The highest BCUT2D eigenvalue weighted by Crippen LogP contribution is 2.65. The lowest BCUT2D eigenvalue weighted by molar-refractivity contribution is -0.121. The smallest absolute Gasteiger partial charge is 0.198 e. The van der Waals surface area contributed by atoms with Crippen molar-refractivity contribution < 1.29 is 4.79 Å². The number of carbonyl (C=O) groups is 1.